The highest BCUT2D eigenvalue weighted by Gasteiger charge is 2.11. The Balaban J connectivity index is 2.03. The van der Waals surface area contributed by atoms with Crippen LogP contribution in [-0.2, 0) is 12.8 Å². The Kier molecular flexibility index (Phi) is 4.29. The van der Waals surface area contributed by atoms with Crippen LogP contribution in [0.5, 0.6) is 0 Å². The first-order valence-electron chi connectivity index (χ1n) is 5.72. The molecular weight excluding hydrogens is 233 g/mol. The van der Waals surface area contributed by atoms with Crippen LogP contribution in [0.3, 0.4) is 0 Å². The Labute approximate surface area is 105 Å². The third-order valence-electron chi connectivity index (χ3n) is 2.86. The molecule has 2 aromatic rings. The van der Waals surface area contributed by atoms with Gasteiger partial charge in [-0.2, -0.15) is 0 Å². The lowest BCUT2D eigenvalue weighted by atomic mass is 10.0. The molecule has 17 heavy (non-hydrogen) atoms. The predicted octanol–water partition coefficient (Wildman–Crippen LogP) is 3.26. The highest BCUT2D eigenvalue weighted by atomic mass is 32.1. The second kappa shape index (κ2) is 5.94. The van der Waals surface area contributed by atoms with Crippen molar-refractivity contribution in [1.82, 2.24) is 5.32 Å². The van der Waals surface area contributed by atoms with Gasteiger partial charge in [-0.25, -0.2) is 4.39 Å². The van der Waals surface area contributed by atoms with E-state index in [9.17, 15) is 4.39 Å². The fourth-order valence-electron chi connectivity index (χ4n) is 1.88. The molecule has 1 nitrogen and oxygen atoms in total. The monoisotopic (exact) mass is 249 g/mol. The molecule has 1 N–H and O–H groups in total. The number of hydrogen-bond donors (Lipinski definition) is 1. The van der Waals surface area contributed by atoms with Gasteiger partial charge in [0.2, 0.25) is 0 Å². The van der Waals surface area contributed by atoms with Gasteiger partial charge in [0.25, 0.3) is 0 Å². The highest BCUT2D eigenvalue weighted by molar-refractivity contribution is 7.09. The Morgan fingerprint density at radius 2 is 2.00 bits per heavy atom. The van der Waals surface area contributed by atoms with E-state index in [0.29, 0.717) is 0 Å². The van der Waals surface area contributed by atoms with Crippen molar-refractivity contribution in [2.24, 2.45) is 0 Å². The molecule has 0 saturated carbocycles. The quantitative estimate of drug-likeness (QED) is 0.857. The van der Waals surface area contributed by atoms with Crippen LogP contribution in [0.15, 0.2) is 41.8 Å². The fourth-order valence-corrected chi connectivity index (χ4v) is 2.66. The van der Waals surface area contributed by atoms with Gasteiger partial charge in [-0.15, -0.1) is 11.3 Å². The van der Waals surface area contributed by atoms with E-state index in [2.05, 4.69) is 22.8 Å². The molecule has 2 rings (SSSR count). The van der Waals surface area contributed by atoms with Crippen LogP contribution in [0.25, 0.3) is 0 Å². The van der Waals surface area contributed by atoms with Gasteiger partial charge in [0.15, 0.2) is 0 Å². The number of rotatable bonds is 5. The molecule has 1 unspecified atom stereocenters. The van der Waals surface area contributed by atoms with Crippen LogP contribution < -0.4 is 5.32 Å². The smallest absolute Gasteiger partial charge is 0.126 e. The third kappa shape index (κ3) is 3.38. The van der Waals surface area contributed by atoms with Crippen molar-refractivity contribution in [2.45, 2.75) is 18.9 Å². The molecule has 0 amide bonds. The Morgan fingerprint density at radius 3 is 2.65 bits per heavy atom. The van der Waals surface area contributed by atoms with Crippen molar-refractivity contribution >= 4 is 11.3 Å². The molecular formula is C14H16FNS. The molecule has 90 valence electrons. The summed E-state index contributed by atoms with van der Waals surface area (Å²) in [5, 5.41) is 5.33. The van der Waals surface area contributed by atoms with Gasteiger partial charge in [0.05, 0.1) is 0 Å². The molecule has 0 spiro atoms. The minimum atomic E-state index is -0.112. The summed E-state index contributed by atoms with van der Waals surface area (Å²) < 4.78 is 13.5. The van der Waals surface area contributed by atoms with E-state index in [4.69, 9.17) is 0 Å². The number of thiophene rings is 1. The van der Waals surface area contributed by atoms with Gasteiger partial charge >= 0.3 is 0 Å². The Bertz CT molecular complexity index is 453. The fraction of sp³-hybridized carbons (Fsp3) is 0.286. The lowest BCUT2D eigenvalue weighted by Crippen LogP contribution is -2.29. The second-order valence-electron chi connectivity index (χ2n) is 4.06. The first kappa shape index (κ1) is 12.3. The van der Waals surface area contributed by atoms with E-state index in [0.717, 1.165) is 18.4 Å². The maximum atomic E-state index is 13.5. The van der Waals surface area contributed by atoms with Crippen molar-refractivity contribution in [3.8, 4) is 0 Å². The van der Waals surface area contributed by atoms with Crippen LogP contribution in [0.2, 0.25) is 0 Å². The largest absolute Gasteiger partial charge is 0.316 e. The SMILES string of the molecule is CNC(Cc1cccs1)Cc1ccccc1F. The zero-order valence-electron chi connectivity index (χ0n) is 9.82. The molecule has 1 atom stereocenters. The normalized spacial score (nSPS) is 12.6. The topological polar surface area (TPSA) is 12.0 Å². The molecule has 0 aliphatic heterocycles. The standard InChI is InChI=1S/C14H16FNS/c1-16-12(10-13-6-4-8-17-13)9-11-5-2-3-7-14(11)15/h2-8,12,16H,9-10H2,1H3. The summed E-state index contributed by atoms with van der Waals surface area (Å²) in [6.07, 6.45) is 1.67. The summed E-state index contributed by atoms with van der Waals surface area (Å²) in [5.74, 6) is -0.112. The van der Waals surface area contributed by atoms with E-state index < -0.39 is 0 Å². The van der Waals surface area contributed by atoms with Crippen molar-refractivity contribution in [3.05, 3.63) is 58.0 Å². The maximum Gasteiger partial charge on any atom is 0.126 e. The third-order valence-corrected chi connectivity index (χ3v) is 3.76. The summed E-state index contributed by atoms with van der Waals surface area (Å²) >= 11 is 1.75. The molecule has 1 heterocycles. The van der Waals surface area contributed by atoms with Gasteiger partial charge in [0.1, 0.15) is 5.82 Å². The lowest BCUT2D eigenvalue weighted by molar-refractivity contribution is 0.535. The number of nitrogens with one attached hydrogen (secondary N) is 1. The molecule has 1 aromatic carbocycles. The molecule has 0 saturated heterocycles. The molecule has 3 heteroatoms. The zero-order chi connectivity index (χ0) is 12.1. The van der Waals surface area contributed by atoms with Crippen molar-refractivity contribution in [2.75, 3.05) is 7.05 Å². The van der Waals surface area contributed by atoms with Crippen LogP contribution >= 0.6 is 11.3 Å². The highest BCUT2D eigenvalue weighted by Crippen LogP contribution is 2.15. The van der Waals surface area contributed by atoms with Gasteiger partial charge in [-0.05, 0) is 43.0 Å². The molecule has 0 fully saturated rings. The van der Waals surface area contributed by atoms with Crippen molar-refractivity contribution in [3.63, 3.8) is 0 Å². The van der Waals surface area contributed by atoms with Gasteiger partial charge in [-0.1, -0.05) is 24.3 Å². The van der Waals surface area contributed by atoms with Crippen molar-refractivity contribution in [1.29, 1.82) is 0 Å². The van der Waals surface area contributed by atoms with E-state index in [1.165, 1.54) is 10.9 Å². The van der Waals surface area contributed by atoms with E-state index in [-0.39, 0.29) is 11.9 Å². The van der Waals surface area contributed by atoms with Gasteiger partial charge < -0.3 is 5.32 Å². The van der Waals surface area contributed by atoms with Gasteiger partial charge in [-0.3, -0.25) is 0 Å². The van der Waals surface area contributed by atoms with E-state index >= 15 is 0 Å². The average Bonchev–Trinajstić information content (AvgIpc) is 2.84. The Hall–Kier alpha value is -1.19. The van der Waals surface area contributed by atoms with Crippen LogP contribution in [0.4, 0.5) is 4.39 Å². The summed E-state index contributed by atoms with van der Waals surface area (Å²) in [4.78, 5) is 1.33. The molecule has 1 aromatic heterocycles. The first-order chi connectivity index (χ1) is 8.29. The van der Waals surface area contributed by atoms with Crippen LogP contribution in [0.1, 0.15) is 10.4 Å². The Morgan fingerprint density at radius 1 is 1.18 bits per heavy atom. The molecule has 0 bridgehead atoms. The van der Waals surface area contributed by atoms with E-state index in [1.807, 2.05) is 19.2 Å². The molecule has 0 aliphatic rings. The summed E-state index contributed by atoms with van der Waals surface area (Å²) in [6, 6.07) is 11.4. The zero-order valence-corrected chi connectivity index (χ0v) is 10.6. The molecule has 0 aliphatic carbocycles. The minimum Gasteiger partial charge on any atom is -0.316 e. The minimum absolute atomic E-state index is 0.112. The molecule has 0 radical (unpaired) electrons. The second-order valence-corrected chi connectivity index (χ2v) is 5.10. The number of hydrogen-bond acceptors (Lipinski definition) is 2. The van der Waals surface area contributed by atoms with Crippen LogP contribution in [-0.4, -0.2) is 13.1 Å². The lowest BCUT2D eigenvalue weighted by Gasteiger charge is -2.15. The van der Waals surface area contributed by atoms with Crippen LogP contribution in [0, 0.1) is 5.82 Å². The summed E-state index contributed by atoms with van der Waals surface area (Å²) in [5.41, 5.74) is 0.781. The number of halogens is 1. The number of benzene rings is 1. The average molecular weight is 249 g/mol. The number of likely N-dealkylation sites (N-methyl/N-ethyl adjacent to an activating group) is 1. The van der Waals surface area contributed by atoms with Gasteiger partial charge in [0, 0.05) is 10.9 Å². The summed E-state index contributed by atoms with van der Waals surface area (Å²) in [7, 11) is 1.93. The van der Waals surface area contributed by atoms with E-state index in [1.54, 1.807) is 17.4 Å². The summed E-state index contributed by atoms with van der Waals surface area (Å²) in [6.45, 7) is 0. The first-order valence-corrected chi connectivity index (χ1v) is 6.60. The van der Waals surface area contributed by atoms with Crippen molar-refractivity contribution < 1.29 is 4.39 Å². The maximum absolute atomic E-state index is 13.5. The predicted molar refractivity (Wildman–Crippen MR) is 71.0 cm³/mol.